The summed E-state index contributed by atoms with van der Waals surface area (Å²) < 4.78 is 0. The van der Waals surface area contributed by atoms with Crippen molar-refractivity contribution >= 4 is 18.5 Å². The van der Waals surface area contributed by atoms with E-state index in [-0.39, 0.29) is 6.54 Å². The van der Waals surface area contributed by atoms with Crippen LogP contribution in [0.25, 0.3) is 0 Å². The number of amides is 1. The van der Waals surface area contributed by atoms with Gasteiger partial charge in [-0.3, -0.25) is 4.79 Å². The highest BCUT2D eigenvalue weighted by Gasteiger charge is 2.03. The van der Waals surface area contributed by atoms with Crippen molar-refractivity contribution in [2.75, 3.05) is 6.54 Å². The highest BCUT2D eigenvalue weighted by atomic mass is 32.1. The van der Waals surface area contributed by atoms with Crippen molar-refractivity contribution in [2.45, 2.75) is 5.25 Å². The fourth-order valence-corrected chi connectivity index (χ4v) is 0.116. The second-order valence-electron chi connectivity index (χ2n) is 1.15. The largest absolute Gasteiger partial charge is 0.369 e. The lowest BCUT2D eigenvalue weighted by Gasteiger charge is -1.97. The molecule has 0 aliphatic carbocycles. The van der Waals surface area contributed by atoms with Gasteiger partial charge in [0.2, 0.25) is 5.91 Å². The SMILES string of the molecule is NCC(S)C(N)=O. The second kappa shape index (κ2) is 2.87. The Morgan fingerprint density at radius 2 is 2.29 bits per heavy atom. The van der Waals surface area contributed by atoms with E-state index in [9.17, 15) is 4.79 Å². The molecule has 0 fully saturated rings. The van der Waals surface area contributed by atoms with E-state index in [2.05, 4.69) is 12.6 Å². The average Bonchev–Trinajstić information content (AvgIpc) is 1.65. The van der Waals surface area contributed by atoms with Crippen LogP contribution in [0.5, 0.6) is 0 Å². The zero-order chi connectivity index (χ0) is 5.86. The molecule has 0 heterocycles. The topological polar surface area (TPSA) is 69.1 Å². The zero-order valence-electron chi connectivity index (χ0n) is 3.79. The molecule has 4 N–H and O–H groups in total. The van der Waals surface area contributed by atoms with E-state index in [1.54, 1.807) is 0 Å². The maximum Gasteiger partial charge on any atom is 0.231 e. The van der Waals surface area contributed by atoms with Gasteiger partial charge in [-0.05, 0) is 0 Å². The summed E-state index contributed by atoms with van der Waals surface area (Å²) in [5.41, 5.74) is 9.75. The molecule has 0 saturated carbocycles. The van der Waals surface area contributed by atoms with Crippen LogP contribution in [-0.4, -0.2) is 17.7 Å². The molecule has 42 valence electrons. The fraction of sp³-hybridized carbons (Fsp3) is 0.667. The molecule has 1 unspecified atom stereocenters. The lowest BCUT2D eigenvalue weighted by Crippen LogP contribution is -2.30. The van der Waals surface area contributed by atoms with E-state index in [0.29, 0.717) is 0 Å². The summed E-state index contributed by atoms with van der Waals surface area (Å²) in [6, 6.07) is 0. The summed E-state index contributed by atoms with van der Waals surface area (Å²) in [7, 11) is 0. The molecule has 0 aromatic carbocycles. The average molecular weight is 120 g/mol. The first-order valence-corrected chi connectivity index (χ1v) is 2.37. The Balaban J connectivity index is 3.34. The molecule has 0 saturated heterocycles. The first kappa shape index (κ1) is 6.78. The summed E-state index contributed by atoms with van der Waals surface area (Å²) in [5.74, 6) is -0.467. The molecule has 1 atom stereocenters. The van der Waals surface area contributed by atoms with Gasteiger partial charge < -0.3 is 11.5 Å². The van der Waals surface area contributed by atoms with Gasteiger partial charge in [-0.15, -0.1) is 0 Å². The van der Waals surface area contributed by atoms with Crippen molar-refractivity contribution in [1.82, 2.24) is 0 Å². The van der Waals surface area contributed by atoms with Crippen LogP contribution >= 0.6 is 12.6 Å². The summed E-state index contributed by atoms with van der Waals surface area (Å²) in [6.45, 7) is 0.207. The summed E-state index contributed by atoms with van der Waals surface area (Å²) in [5, 5.41) is -0.486. The Kier molecular flexibility index (Phi) is 2.78. The van der Waals surface area contributed by atoms with Gasteiger partial charge in [0.25, 0.3) is 0 Å². The third-order valence-electron chi connectivity index (χ3n) is 0.552. The Bertz CT molecular complexity index is 75.3. The lowest BCUT2D eigenvalue weighted by molar-refractivity contribution is -0.117. The molecule has 0 spiro atoms. The number of hydrogen-bond acceptors (Lipinski definition) is 3. The van der Waals surface area contributed by atoms with Crippen molar-refractivity contribution in [3.05, 3.63) is 0 Å². The molecule has 0 aromatic rings. The highest BCUT2D eigenvalue weighted by Crippen LogP contribution is 1.86. The van der Waals surface area contributed by atoms with Crippen molar-refractivity contribution in [3.8, 4) is 0 Å². The Morgan fingerprint density at radius 3 is 2.29 bits per heavy atom. The molecule has 0 radical (unpaired) electrons. The predicted molar refractivity (Wildman–Crippen MR) is 31.0 cm³/mol. The first-order valence-electron chi connectivity index (χ1n) is 1.86. The molecule has 1 amide bonds. The van der Waals surface area contributed by atoms with Gasteiger partial charge >= 0.3 is 0 Å². The molecular weight excluding hydrogens is 112 g/mol. The molecule has 0 aliphatic heterocycles. The molecular formula is C3H8N2OS. The van der Waals surface area contributed by atoms with Gasteiger partial charge in [0.15, 0.2) is 0 Å². The number of hydrogen-bond donors (Lipinski definition) is 3. The van der Waals surface area contributed by atoms with Crippen molar-refractivity contribution < 1.29 is 4.79 Å². The van der Waals surface area contributed by atoms with Gasteiger partial charge in [0, 0.05) is 6.54 Å². The Morgan fingerprint density at radius 1 is 1.86 bits per heavy atom. The normalized spacial score (nSPS) is 13.4. The van der Waals surface area contributed by atoms with Crippen molar-refractivity contribution in [3.63, 3.8) is 0 Å². The van der Waals surface area contributed by atoms with Gasteiger partial charge in [0.1, 0.15) is 0 Å². The van der Waals surface area contributed by atoms with Crippen LogP contribution in [0, 0.1) is 0 Å². The highest BCUT2D eigenvalue weighted by molar-refractivity contribution is 7.81. The second-order valence-corrected chi connectivity index (χ2v) is 1.78. The van der Waals surface area contributed by atoms with Gasteiger partial charge in [-0.1, -0.05) is 0 Å². The molecule has 0 aliphatic rings. The molecule has 0 aromatic heterocycles. The van der Waals surface area contributed by atoms with Gasteiger partial charge in [-0.2, -0.15) is 12.6 Å². The number of carbonyl (C=O) groups excluding carboxylic acids is 1. The monoisotopic (exact) mass is 120 g/mol. The number of nitrogens with two attached hydrogens (primary N) is 2. The predicted octanol–water partition coefficient (Wildman–Crippen LogP) is -1.27. The van der Waals surface area contributed by atoms with Crippen molar-refractivity contribution in [2.24, 2.45) is 11.5 Å². The van der Waals surface area contributed by atoms with Crippen LogP contribution in [0.4, 0.5) is 0 Å². The van der Waals surface area contributed by atoms with E-state index in [1.807, 2.05) is 0 Å². The van der Waals surface area contributed by atoms with E-state index in [0.717, 1.165) is 0 Å². The minimum atomic E-state index is -0.486. The van der Waals surface area contributed by atoms with Crippen LogP contribution < -0.4 is 11.5 Å². The van der Waals surface area contributed by atoms with Crippen LogP contribution in [0.1, 0.15) is 0 Å². The summed E-state index contributed by atoms with van der Waals surface area (Å²) in [4.78, 5) is 10.00. The maximum absolute atomic E-state index is 10.00. The van der Waals surface area contributed by atoms with Crippen LogP contribution in [0.2, 0.25) is 0 Å². The smallest absolute Gasteiger partial charge is 0.231 e. The third-order valence-corrected chi connectivity index (χ3v) is 1.02. The van der Waals surface area contributed by atoms with E-state index in [1.165, 1.54) is 0 Å². The Labute approximate surface area is 47.5 Å². The minimum Gasteiger partial charge on any atom is -0.369 e. The first-order chi connectivity index (χ1) is 3.18. The van der Waals surface area contributed by atoms with E-state index < -0.39 is 11.2 Å². The number of primary amides is 1. The molecule has 0 bridgehead atoms. The molecule has 4 heteroatoms. The number of thiol groups is 1. The standard InChI is InChI=1S/C3H8N2OS/c4-1-2(7)3(5)6/h2,7H,1,4H2,(H2,5,6). The molecule has 3 nitrogen and oxygen atoms in total. The Hall–Kier alpha value is -0.220. The summed E-state index contributed by atoms with van der Waals surface area (Å²) in [6.07, 6.45) is 0. The van der Waals surface area contributed by atoms with Crippen molar-refractivity contribution in [1.29, 1.82) is 0 Å². The van der Waals surface area contributed by atoms with E-state index in [4.69, 9.17) is 11.5 Å². The third kappa shape index (κ3) is 2.47. The van der Waals surface area contributed by atoms with Crippen LogP contribution in [-0.2, 0) is 4.79 Å². The summed E-state index contributed by atoms with van der Waals surface area (Å²) >= 11 is 3.73. The molecule has 0 rings (SSSR count). The number of rotatable bonds is 2. The van der Waals surface area contributed by atoms with Crippen LogP contribution in [0.3, 0.4) is 0 Å². The van der Waals surface area contributed by atoms with Gasteiger partial charge in [0.05, 0.1) is 5.25 Å². The zero-order valence-corrected chi connectivity index (χ0v) is 4.69. The lowest BCUT2D eigenvalue weighted by atomic mass is 10.4. The fourth-order valence-electron chi connectivity index (χ4n) is 0.116. The molecule has 7 heavy (non-hydrogen) atoms. The van der Waals surface area contributed by atoms with E-state index >= 15 is 0 Å². The quantitative estimate of drug-likeness (QED) is 0.398. The minimum absolute atomic E-state index is 0.207. The van der Waals surface area contributed by atoms with Gasteiger partial charge in [-0.25, -0.2) is 0 Å². The maximum atomic E-state index is 10.00. The number of carbonyl (C=O) groups is 1. The van der Waals surface area contributed by atoms with Crippen LogP contribution in [0.15, 0.2) is 0 Å².